The van der Waals surface area contributed by atoms with Crippen LogP contribution >= 0.6 is 0 Å². The van der Waals surface area contributed by atoms with Crippen LogP contribution in [0, 0.1) is 0 Å². The molecule has 1 aromatic carbocycles. The zero-order chi connectivity index (χ0) is 16.1. The highest BCUT2D eigenvalue weighted by atomic mass is 15.5. The van der Waals surface area contributed by atoms with Crippen molar-refractivity contribution in [2.24, 2.45) is 0 Å². The lowest BCUT2D eigenvalue weighted by atomic mass is 10.1. The van der Waals surface area contributed by atoms with Crippen LogP contribution in [0.25, 0.3) is 11.3 Å². The lowest BCUT2D eigenvalue weighted by Crippen LogP contribution is -2.37. The largest absolute Gasteiger partial charge is 0.309 e. The van der Waals surface area contributed by atoms with Gasteiger partial charge in [-0.15, -0.1) is 0 Å². The van der Waals surface area contributed by atoms with Gasteiger partial charge in [0.05, 0.1) is 6.54 Å². The zero-order valence-corrected chi connectivity index (χ0v) is 14.2. The molecule has 0 bridgehead atoms. The number of likely N-dealkylation sites (N-methyl/N-ethyl adjacent to an activating group) is 1. The van der Waals surface area contributed by atoms with E-state index in [-0.39, 0.29) is 0 Å². The summed E-state index contributed by atoms with van der Waals surface area (Å²) in [5.41, 5.74) is 3.18. The normalized spacial score (nSPS) is 18.6. The number of nitrogens with zero attached hydrogens (tertiary/aromatic N) is 4. The molecule has 2 aromatic rings. The third-order valence-electron chi connectivity index (χ3n) is 4.63. The van der Waals surface area contributed by atoms with Crippen molar-refractivity contribution < 1.29 is 0 Å². The van der Waals surface area contributed by atoms with Crippen molar-refractivity contribution in [1.82, 2.24) is 25.2 Å². The van der Waals surface area contributed by atoms with Crippen molar-refractivity contribution >= 4 is 0 Å². The van der Waals surface area contributed by atoms with Crippen LogP contribution in [0.2, 0.25) is 0 Å². The van der Waals surface area contributed by atoms with Gasteiger partial charge in [-0.1, -0.05) is 37.3 Å². The number of hydrogen-bond donors (Lipinski definition) is 1. The number of aryl methyl sites for hydroxylation is 1. The van der Waals surface area contributed by atoms with Crippen LogP contribution in [0.3, 0.4) is 0 Å². The first-order valence-electron chi connectivity index (χ1n) is 8.76. The molecular weight excluding hydrogens is 286 g/mol. The monoisotopic (exact) mass is 313 g/mol. The molecule has 5 nitrogen and oxygen atoms in total. The number of hydrogen-bond acceptors (Lipinski definition) is 4. The molecule has 0 unspecified atom stereocenters. The molecule has 2 heterocycles. The summed E-state index contributed by atoms with van der Waals surface area (Å²) in [7, 11) is 0. The van der Waals surface area contributed by atoms with E-state index in [2.05, 4.69) is 58.5 Å². The van der Waals surface area contributed by atoms with Crippen LogP contribution in [0.4, 0.5) is 0 Å². The van der Waals surface area contributed by atoms with Crippen LogP contribution < -0.4 is 5.32 Å². The van der Waals surface area contributed by atoms with Gasteiger partial charge in [-0.05, 0) is 32.9 Å². The molecular formula is C18H27N5. The maximum atomic E-state index is 4.64. The van der Waals surface area contributed by atoms with Crippen molar-refractivity contribution in [3.05, 3.63) is 36.0 Å². The summed E-state index contributed by atoms with van der Waals surface area (Å²) in [5.74, 6) is 0. The molecule has 1 aromatic heterocycles. The molecule has 23 heavy (non-hydrogen) atoms. The molecule has 0 aliphatic carbocycles. The molecule has 0 radical (unpaired) electrons. The fraction of sp³-hybridized carbons (Fsp3) is 0.556. The Labute approximate surface area is 138 Å². The van der Waals surface area contributed by atoms with E-state index in [0.717, 1.165) is 43.1 Å². The minimum absolute atomic E-state index is 0.668. The predicted molar refractivity (Wildman–Crippen MR) is 93.1 cm³/mol. The van der Waals surface area contributed by atoms with E-state index in [1.165, 1.54) is 19.4 Å². The predicted octanol–water partition coefficient (Wildman–Crippen LogP) is 2.54. The summed E-state index contributed by atoms with van der Waals surface area (Å²) in [5, 5.41) is 12.9. The van der Waals surface area contributed by atoms with Gasteiger partial charge in [-0.3, -0.25) is 4.90 Å². The number of rotatable bonds is 7. The molecule has 1 saturated heterocycles. The van der Waals surface area contributed by atoms with Crippen LogP contribution in [0.5, 0.6) is 0 Å². The van der Waals surface area contributed by atoms with Crippen molar-refractivity contribution in [3.63, 3.8) is 0 Å². The number of nitrogens with one attached hydrogen (secondary N) is 1. The summed E-state index contributed by atoms with van der Waals surface area (Å²) >= 11 is 0. The lowest BCUT2D eigenvalue weighted by Gasteiger charge is -2.22. The van der Waals surface area contributed by atoms with E-state index < -0.39 is 0 Å². The summed E-state index contributed by atoms with van der Waals surface area (Å²) in [4.78, 5) is 4.35. The van der Waals surface area contributed by atoms with Gasteiger partial charge in [0.25, 0.3) is 0 Å². The van der Waals surface area contributed by atoms with Gasteiger partial charge in [0, 0.05) is 24.7 Å². The van der Waals surface area contributed by atoms with Gasteiger partial charge < -0.3 is 5.32 Å². The first-order chi connectivity index (χ1) is 11.3. The van der Waals surface area contributed by atoms with Gasteiger partial charge in [-0.25, -0.2) is 0 Å². The van der Waals surface area contributed by atoms with E-state index in [1.54, 1.807) is 4.80 Å². The maximum Gasteiger partial charge on any atom is 0.117 e. The number of likely N-dealkylation sites (tertiary alicyclic amines) is 1. The van der Waals surface area contributed by atoms with Crippen molar-refractivity contribution in [2.75, 3.05) is 19.6 Å². The fourth-order valence-electron chi connectivity index (χ4n) is 3.36. The topological polar surface area (TPSA) is 46.0 Å². The first-order valence-corrected chi connectivity index (χ1v) is 8.76. The quantitative estimate of drug-likeness (QED) is 0.853. The van der Waals surface area contributed by atoms with Crippen molar-refractivity contribution in [3.8, 4) is 11.3 Å². The van der Waals surface area contributed by atoms with E-state index in [0.29, 0.717) is 6.04 Å². The third-order valence-corrected chi connectivity index (χ3v) is 4.63. The second-order valence-corrected chi connectivity index (χ2v) is 6.11. The average Bonchev–Trinajstić information content (AvgIpc) is 3.22. The minimum atomic E-state index is 0.668. The van der Waals surface area contributed by atoms with Crippen molar-refractivity contribution in [2.45, 2.75) is 45.8 Å². The molecule has 0 spiro atoms. The Balaban J connectivity index is 1.66. The standard InChI is InChI=1S/C18H27N5/c1-3-22-12-8-11-16(22)13-19-14-17-18(21-23(4-2)20-17)15-9-6-5-7-10-15/h5-7,9-10,16,19H,3-4,8,11-14H2,1-2H3/t16-/m1/s1. The maximum absolute atomic E-state index is 4.64. The van der Waals surface area contributed by atoms with E-state index in [4.69, 9.17) is 0 Å². The molecule has 124 valence electrons. The highest BCUT2D eigenvalue weighted by Crippen LogP contribution is 2.20. The van der Waals surface area contributed by atoms with Crippen molar-refractivity contribution in [1.29, 1.82) is 0 Å². The van der Waals surface area contributed by atoms with E-state index in [1.807, 2.05) is 6.07 Å². The average molecular weight is 313 g/mol. The van der Waals surface area contributed by atoms with Crippen LogP contribution in [0.15, 0.2) is 30.3 Å². The molecule has 1 N–H and O–H groups in total. The lowest BCUT2D eigenvalue weighted by molar-refractivity contribution is 0.259. The summed E-state index contributed by atoms with van der Waals surface area (Å²) < 4.78 is 0. The van der Waals surface area contributed by atoms with Gasteiger partial charge in [0.15, 0.2) is 0 Å². The Morgan fingerprint density at radius 3 is 2.70 bits per heavy atom. The molecule has 0 saturated carbocycles. The van der Waals surface area contributed by atoms with Crippen LogP contribution in [-0.2, 0) is 13.1 Å². The Morgan fingerprint density at radius 2 is 1.96 bits per heavy atom. The Kier molecular flexibility index (Phi) is 5.41. The highest BCUT2D eigenvalue weighted by Gasteiger charge is 2.22. The Hall–Kier alpha value is -1.72. The van der Waals surface area contributed by atoms with Crippen LogP contribution in [0.1, 0.15) is 32.4 Å². The Bertz CT molecular complexity index is 607. The fourth-order valence-corrected chi connectivity index (χ4v) is 3.36. The summed E-state index contributed by atoms with van der Waals surface area (Å²) in [6, 6.07) is 11.0. The molecule has 1 atom stereocenters. The SMILES string of the molecule is CCN1CCC[C@@H]1CNCc1nn(CC)nc1-c1ccccc1. The molecule has 1 aliphatic rings. The first kappa shape index (κ1) is 16.1. The molecule has 1 fully saturated rings. The van der Waals surface area contributed by atoms with Gasteiger partial charge in [0.1, 0.15) is 11.4 Å². The summed E-state index contributed by atoms with van der Waals surface area (Å²) in [6.07, 6.45) is 2.62. The minimum Gasteiger partial charge on any atom is -0.309 e. The number of benzene rings is 1. The second kappa shape index (κ2) is 7.70. The zero-order valence-electron chi connectivity index (χ0n) is 14.2. The summed E-state index contributed by atoms with van der Waals surface area (Å²) in [6.45, 7) is 9.31. The molecule has 3 rings (SSSR count). The highest BCUT2D eigenvalue weighted by molar-refractivity contribution is 5.60. The molecule has 1 aliphatic heterocycles. The number of aromatic nitrogens is 3. The Morgan fingerprint density at radius 1 is 1.13 bits per heavy atom. The van der Waals surface area contributed by atoms with Gasteiger partial charge in [0.2, 0.25) is 0 Å². The smallest absolute Gasteiger partial charge is 0.117 e. The van der Waals surface area contributed by atoms with Gasteiger partial charge >= 0.3 is 0 Å². The third kappa shape index (κ3) is 3.79. The van der Waals surface area contributed by atoms with E-state index >= 15 is 0 Å². The molecule has 5 heteroatoms. The van der Waals surface area contributed by atoms with E-state index in [9.17, 15) is 0 Å². The second-order valence-electron chi connectivity index (χ2n) is 6.11. The van der Waals surface area contributed by atoms with Crippen LogP contribution in [-0.4, -0.2) is 45.6 Å². The molecule has 0 amide bonds. The van der Waals surface area contributed by atoms with Gasteiger partial charge in [-0.2, -0.15) is 15.0 Å².